The molecule has 1 fully saturated rings. The lowest BCUT2D eigenvalue weighted by molar-refractivity contribution is -0.137. The molecular weight excluding hydrogens is 753 g/mol. The highest BCUT2D eigenvalue weighted by Gasteiger charge is 2.39. The molecule has 0 bridgehead atoms. The fourth-order valence-electron chi connectivity index (χ4n) is 8.06. The van der Waals surface area contributed by atoms with Crippen LogP contribution in [-0.4, -0.2) is 106 Å². The molecule has 2 aliphatic rings. The molecule has 59 heavy (non-hydrogen) atoms. The van der Waals surface area contributed by atoms with Gasteiger partial charge in [-0.05, 0) is 78.8 Å². The average molecular weight is 805 g/mol. The number of amides is 4. The number of alkyl carbamates (subject to hydrolysis) is 2. The molecule has 4 N–H and O–H groups in total. The molecule has 5 aromatic rings. The van der Waals surface area contributed by atoms with Gasteiger partial charge in [0.1, 0.15) is 29.8 Å². The number of aromatic amines is 2. The largest absolute Gasteiger partial charge is 0.453 e. The first kappa shape index (κ1) is 41.0. The summed E-state index contributed by atoms with van der Waals surface area (Å²) in [5, 5.41) is 7.49. The minimum Gasteiger partial charge on any atom is -0.453 e. The Balaban J connectivity index is 1.08. The van der Waals surface area contributed by atoms with Crippen molar-refractivity contribution in [2.45, 2.75) is 77.2 Å². The minimum absolute atomic E-state index is 0.0641. The Bertz CT molecular complexity index is 2400. The first-order valence-electron chi connectivity index (χ1n) is 20.0. The van der Waals surface area contributed by atoms with E-state index in [-0.39, 0.29) is 23.8 Å². The summed E-state index contributed by atoms with van der Waals surface area (Å²) >= 11 is 0. The highest BCUT2D eigenvalue weighted by atomic mass is 16.5. The summed E-state index contributed by atoms with van der Waals surface area (Å²) in [7, 11) is 4.04. The normalized spacial score (nSPS) is 18.7. The smallest absolute Gasteiger partial charge is 0.407 e. The molecule has 6 atom stereocenters. The Morgan fingerprint density at radius 3 is 2.17 bits per heavy atom. The van der Waals surface area contributed by atoms with E-state index in [1.54, 1.807) is 18.0 Å². The summed E-state index contributed by atoms with van der Waals surface area (Å²) in [4.78, 5) is 71.9. The molecule has 15 nitrogen and oxygen atoms in total. The maximum atomic E-state index is 13.8. The van der Waals surface area contributed by atoms with Crippen LogP contribution in [0.5, 0.6) is 0 Å². The number of imidazole rings is 2. The summed E-state index contributed by atoms with van der Waals surface area (Å²) in [5.74, 6) is 0.848. The van der Waals surface area contributed by atoms with Gasteiger partial charge in [-0.3, -0.25) is 9.59 Å². The fourth-order valence-corrected chi connectivity index (χ4v) is 8.06. The van der Waals surface area contributed by atoms with E-state index < -0.39 is 36.4 Å². The van der Waals surface area contributed by atoms with Gasteiger partial charge in [0.25, 0.3) is 0 Å². The number of likely N-dealkylation sites (tertiary alicyclic amines) is 1. The Kier molecular flexibility index (Phi) is 12.0. The molecule has 0 radical (unpaired) electrons. The molecule has 15 heteroatoms. The lowest BCUT2D eigenvalue weighted by atomic mass is 9.97. The van der Waals surface area contributed by atoms with Crippen LogP contribution in [0.3, 0.4) is 0 Å². The van der Waals surface area contributed by atoms with Gasteiger partial charge < -0.3 is 44.6 Å². The van der Waals surface area contributed by atoms with Gasteiger partial charge in [0.2, 0.25) is 11.8 Å². The first-order valence-corrected chi connectivity index (χ1v) is 20.0. The number of nitrogens with one attached hydrogen (secondary N) is 4. The maximum Gasteiger partial charge on any atom is 0.407 e. The molecule has 0 saturated carbocycles. The second-order valence-corrected chi connectivity index (χ2v) is 15.5. The summed E-state index contributed by atoms with van der Waals surface area (Å²) < 4.78 is 15.0. The molecule has 4 heterocycles. The number of rotatable bonds is 12. The highest BCUT2D eigenvalue weighted by Crippen LogP contribution is 2.36. The molecule has 0 aliphatic carbocycles. The third-order valence-electron chi connectivity index (χ3n) is 11.7. The van der Waals surface area contributed by atoms with Crippen LogP contribution in [0.4, 0.5) is 9.59 Å². The van der Waals surface area contributed by atoms with E-state index in [1.807, 2.05) is 43.9 Å². The monoisotopic (exact) mass is 804 g/mol. The number of ether oxygens (including phenoxy) is 3. The molecule has 0 spiro atoms. The van der Waals surface area contributed by atoms with Crippen molar-refractivity contribution in [1.29, 1.82) is 0 Å². The van der Waals surface area contributed by atoms with E-state index in [0.29, 0.717) is 18.9 Å². The van der Waals surface area contributed by atoms with Crippen LogP contribution >= 0.6 is 0 Å². The minimum atomic E-state index is -0.945. The summed E-state index contributed by atoms with van der Waals surface area (Å²) in [6.45, 7) is 8.61. The van der Waals surface area contributed by atoms with Crippen molar-refractivity contribution in [3.63, 3.8) is 0 Å². The zero-order chi connectivity index (χ0) is 42.0. The van der Waals surface area contributed by atoms with E-state index in [9.17, 15) is 19.2 Å². The Labute approximate surface area is 342 Å². The van der Waals surface area contributed by atoms with Gasteiger partial charge in [-0.15, -0.1) is 0 Å². The van der Waals surface area contributed by atoms with Gasteiger partial charge in [-0.2, -0.15) is 0 Å². The molecule has 1 saturated heterocycles. The number of fused-ring (bicyclic) bond motifs is 2. The Morgan fingerprint density at radius 1 is 0.831 bits per heavy atom. The van der Waals surface area contributed by atoms with Gasteiger partial charge >= 0.3 is 12.2 Å². The number of hydrogen-bond acceptors (Lipinski definition) is 9. The fraction of sp³-hybridized carbons (Fsp3) is 0.409. The number of aromatic nitrogens is 4. The third kappa shape index (κ3) is 8.37. The van der Waals surface area contributed by atoms with E-state index in [4.69, 9.17) is 19.2 Å². The van der Waals surface area contributed by atoms with Crippen molar-refractivity contribution in [2.24, 2.45) is 5.92 Å². The van der Waals surface area contributed by atoms with Crippen LogP contribution in [0.1, 0.15) is 70.7 Å². The number of hydrogen-bond donors (Lipinski definition) is 4. The van der Waals surface area contributed by atoms with Crippen molar-refractivity contribution >= 4 is 45.8 Å². The maximum absolute atomic E-state index is 13.8. The zero-order valence-corrected chi connectivity index (χ0v) is 34.5. The predicted octanol–water partition coefficient (Wildman–Crippen LogP) is 6.80. The first-order chi connectivity index (χ1) is 28.4. The van der Waals surface area contributed by atoms with Crippen LogP contribution < -0.4 is 10.6 Å². The predicted molar refractivity (Wildman–Crippen MR) is 223 cm³/mol. The second kappa shape index (κ2) is 17.3. The zero-order valence-electron chi connectivity index (χ0n) is 34.5. The van der Waals surface area contributed by atoms with Gasteiger partial charge in [0.05, 0.1) is 49.3 Å². The Hall–Kier alpha value is -6.22. The van der Waals surface area contributed by atoms with Crippen LogP contribution in [0, 0.1) is 5.92 Å². The van der Waals surface area contributed by atoms with Crippen molar-refractivity contribution in [3.05, 3.63) is 84.1 Å². The standard InChI is InChI=1S/C44H52N8O7/c1-8-25(3)37(49-43(55)58-6)41(53)51-17-9-10-35(51)40-46-32-16-15-30(21-33(32)47-40)28-11-12-29-20-31(14-13-27(29)19-28)34-22-45-39(48-34)36-18-24(2)23-52(36)42(54)38(26(4)57-5)50-44(56)59-7/h11-16,18-22,25-26,35-38H,8-10,17,23H2,1-7H3,(H,45,48)(H,46,47)(H,49,55)(H,50,56)/t25-,26+,35-,36-,37-,38-/m0/s1. The van der Waals surface area contributed by atoms with Gasteiger partial charge in [0.15, 0.2) is 0 Å². The van der Waals surface area contributed by atoms with Crippen LogP contribution in [0.2, 0.25) is 0 Å². The number of benzene rings is 3. The molecular formula is C44H52N8O7. The van der Waals surface area contributed by atoms with E-state index in [0.717, 1.165) is 74.9 Å². The van der Waals surface area contributed by atoms with E-state index in [1.165, 1.54) is 21.3 Å². The van der Waals surface area contributed by atoms with E-state index >= 15 is 0 Å². The Morgan fingerprint density at radius 2 is 1.47 bits per heavy atom. The second-order valence-electron chi connectivity index (χ2n) is 15.5. The number of methoxy groups -OCH3 is 3. The molecule has 0 unspecified atom stereocenters. The van der Waals surface area contributed by atoms with Crippen LogP contribution in [0.25, 0.3) is 44.2 Å². The molecule has 4 amide bonds. The number of H-pyrrole nitrogens is 2. The quantitative estimate of drug-likeness (QED) is 0.0986. The average Bonchev–Trinajstić information content (AvgIpc) is 4.09. The number of carbonyl (C=O) groups is 4. The van der Waals surface area contributed by atoms with Crippen molar-refractivity contribution in [1.82, 2.24) is 40.4 Å². The van der Waals surface area contributed by atoms with Crippen LogP contribution in [-0.2, 0) is 23.8 Å². The number of carbonyl (C=O) groups excluding carboxylic acids is 4. The molecule has 7 rings (SSSR count). The van der Waals surface area contributed by atoms with Gasteiger partial charge in [-0.1, -0.05) is 62.2 Å². The summed E-state index contributed by atoms with van der Waals surface area (Å²) in [6, 6.07) is 16.4. The van der Waals surface area contributed by atoms with E-state index in [2.05, 4.69) is 68.1 Å². The number of nitrogens with zero attached hydrogens (tertiary/aromatic N) is 4. The SMILES string of the molecule is CC[C@H](C)[C@H](NC(=O)OC)C(=O)N1CCC[C@H]1c1nc2ccc(-c3ccc4cc(-c5cnc([C@@H]6C=C(C)CN6C(=O)[C@@H](NC(=O)OC)[C@@H](C)OC)[nH]5)ccc4c3)cc2[nH]1. The lowest BCUT2D eigenvalue weighted by Gasteiger charge is -2.30. The van der Waals surface area contributed by atoms with Gasteiger partial charge in [0, 0.05) is 25.8 Å². The van der Waals surface area contributed by atoms with Crippen molar-refractivity contribution < 1.29 is 33.4 Å². The molecule has 310 valence electrons. The third-order valence-corrected chi connectivity index (χ3v) is 11.7. The molecule has 2 aliphatic heterocycles. The summed E-state index contributed by atoms with van der Waals surface area (Å²) in [6.07, 6.45) is 4.19. The van der Waals surface area contributed by atoms with Gasteiger partial charge in [-0.25, -0.2) is 19.6 Å². The van der Waals surface area contributed by atoms with Crippen molar-refractivity contribution in [2.75, 3.05) is 34.4 Å². The molecule has 2 aromatic heterocycles. The molecule has 3 aromatic carbocycles. The lowest BCUT2D eigenvalue weighted by Crippen LogP contribution is -2.54. The topological polar surface area (TPSA) is 184 Å². The highest BCUT2D eigenvalue weighted by molar-refractivity contribution is 5.92. The summed E-state index contributed by atoms with van der Waals surface area (Å²) in [5.41, 5.74) is 6.53. The van der Waals surface area contributed by atoms with Crippen LogP contribution in [0.15, 0.2) is 72.4 Å². The van der Waals surface area contributed by atoms with Crippen molar-refractivity contribution in [3.8, 4) is 22.4 Å².